The van der Waals surface area contributed by atoms with Crippen molar-refractivity contribution in [2.75, 3.05) is 0 Å². The van der Waals surface area contributed by atoms with Gasteiger partial charge in [-0.15, -0.1) is 11.3 Å². The summed E-state index contributed by atoms with van der Waals surface area (Å²) in [5.41, 5.74) is 16.0. The number of aromatic nitrogens is 4. The molecule has 0 aliphatic heterocycles. The van der Waals surface area contributed by atoms with Crippen LogP contribution in [0.25, 0.3) is 168 Å². The van der Waals surface area contributed by atoms with E-state index >= 15 is 0 Å². The third-order valence-electron chi connectivity index (χ3n) is 19.1. The fraction of sp³-hybridized carbons (Fsp3) is 0.0976. The van der Waals surface area contributed by atoms with Crippen LogP contribution in [0.5, 0.6) is 0 Å². The third kappa shape index (κ3) is 7.08. The van der Waals surface area contributed by atoms with Crippen molar-refractivity contribution in [1.82, 2.24) is 18.3 Å². The van der Waals surface area contributed by atoms with Crippen molar-refractivity contribution >= 4 is 146 Å². The highest BCUT2D eigenvalue weighted by Crippen LogP contribution is 2.55. The van der Waals surface area contributed by atoms with Gasteiger partial charge in [0.1, 0.15) is 11.7 Å². The van der Waals surface area contributed by atoms with Gasteiger partial charge in [-0.25, -0.2) is 4.85 Å². The first-order chi connectivity index (χ1) is 43.9. The summed E-state index contributed by atoms with van der Waals surface area (Å²) in [6.45, 7) is 24.1. The van der Waals surface area contributed by atoms with E-state index < -0.39 is 0 Å². The van der Waals surface area contributed by atoms with Gasteiger partial charge in [0.15, 0.2) is 5.58 Å². The molecule has 18 aromatic rings. The van der Waals surface area contributed by atoms with Crippen LogP contribution in [0.15, 0.2) is 235 Å². The molecule has 0 fully saturated rings. The van der Waals surface area contributed by atoms with Crippen LogP contribution in [0.4, 0.5) is 5.69 Å². The van der Waals surface area contributed by atoms with Gasteiger partial charge in [-0.2, -0.15) is 5.26 Å². The SMILES string of the molecule is [C-]#[N+]c1c(-n2c3ccccc3c3ccccc32)c(-n2c3ccc(C(C)(C)C)cc3c3cc(C(C)(C)C)c4c5ccccc5sc4c32)c(-n2c3ccccc3c3ccccc32)c(C#N)c1-n1c2ccc(-c3ccccc3)cc2c2ccc3c4ccccc4oc3c21. The van der Waals surface area contributed by atoms with Crippen LogP contribution in [-0.2, 0) is 10.8 Å². The van der Waals surface area contributed by atoms with Crippen molar-refractivity contribution in [3.63, 3.8) is 0 Å². The van der Waals surface area contributed by atoms with Crippen molar-refractivity contribution in [1.29, 1.82) is 5.26 Å². The van der Waals surface area contributed by atoms with E-state index in [1.165, 1.54) is 26.6 Å². The van der Waals surface area contributed by atoms with E-state index in [0.717, 1.165) is 119 Å². The number of fused-ring (bicyclic) bond motifs is 20. The number of para-hydroxylation sites is 5. The predicted octanol–water partition coefficient (Wildman–Crippen LogP) is 23.0. The zero-order valence-electron chi connectivity index (χ0n) is 50.4. The van der Waals surface area contributed by atoms with Crippen LogP contribution in [0.3, 0.4) is 0 Å². The van der Waals surface area contributed by atoms with Crippen LogP contribution >= 0.6 is 11.3 Å². The Morgan fingerprint density at radius 1 is 0.411 bits per heavy atom. The molecule has 0 radical (unpaired) electrons. The quantitative estimate of drug-likeness (QED) is 0.161. The van der Waals surface area contributed by atoms with Gasteiger partial charge < -0.3 is 22.7 Å². The Morgan fingerprint density at radius 2 is 0.933 bits per heavy atom. The Hall–Kier alpha value is -11.2. The maximum atomic E-state index is 13.1. The molecule has 8 heteroatoms. The Balaban J connectivity index is 1.17. The molecule has 0 atom stereocenters. The van der Waals surface area contributed by atoms with Crippen LogP contribution < -0.4 is 0 Å². The maximum absolute atomic E-state index is 13.1. The van der Waals surface area contributed by atoms with E-state index in [1.54, 1.807) is 0 Å². The average Bonchev–Trinajstić information content (AvgIpc) is 1.48. The summed E-state index contributed by atoms with van der Waals surface area (Å²) in [6, 6.07) is 85.4. The summed E-state index contributed by atoms with van der Waals surface area (Å²) in [5, 5.41) is 25.8. The van der Waals surface area contributed by atoms with E-state index in [1.807, 2.05) is 29.5 Å². The Labute approximate surface area is 522 Å². The second-order valence-corrected chi connectivity index (χ2v) is 27.2. The number of benzene rings is 12. The van der Waals surface area contributed by atoms with Crippen molar-refractivity contribution in [3.8, 4) is 39.9 Å². The number of rotatable bonds is 5. The van der Waals surface area contributed by atoms with Crippen molar-refractivity contribution in [2.24, 2.45) is 0 Å². The number of furan rings is 1. The molecule has 0 aliphatic carbocycles. The highest BCUT2D eigenvalue weighted by atomic mass is 32.1. The highest BCUT2D eigenvalue weighted by Gasteiger charge is 2.37. The molecular formula is C82H56N6OS. The Morgan fingerprint density at radius 3 is 1.54 bits per heavy atom. The van der Waals surface area contributed by atoms with Crippen LogP contribution in [0.1, 0.15) is 58.2 Å². The smallest absolute Gasteiger partial charge is 0.237 e. The minimum absolute atomic E-state index is 0.193. The molecular weight excluding hydrogens is 1120 g/mol. The number of thiophene rings is 1. The largest absolute Gasteiger partial charge is 0.454 e. The van der Waals surface area contributed by atoms with Gasteiger partial charge in [0, 0.05) is 69.3 Å². The second kappa shape index (κ2) is 18.7. The first kappa shape index (κ1) is 52.0. The molecule has 426 valence electrons. The normalized spacial score (nSPS) is 12.5. The van der Waals surface area contributed by atoms with Gasteiger partial charge in [0.05, 0.1) is 83.7 Å². The zero-order valence-corrected chi connectivity index (χ0v) is 51.3. The summed E-state index contributed by atoms with van der Waals surface area (Å²) in [4.78, 5) is 4.98. The highest BCUT2D eigenvalue weighted by molar-refractivity contribution is 7.26. The molecule has 0 N–H and O–H groups in total. The number of hydrogen-bond donors (Lipinski definition) is 0. The Kier molecular flexibility index (Phi) is 10.8. The van der Waals surface area contributed by atoms with Gasteiger partial charge >= 0.3 is 0 Å². The lowest BCUT2D eigenvalue weighted by Gasteiger charge is -2.28. The van der Waals surface area contributed by atoms with Gasteiger partial charge in [0.25, 0.3) is 0 Å². The lowest BCUT2D eigenvalue weighted by molar-refractivity contribution is 0.591. The van der Waals surface area contributed by atoms with Crippen LogP contribution in [-0.4, -0.2) is 18.3 Å². The molecule has 0 spiro atoms. The predicted molar refractivity (Wildman–Crippen MR) is 378 cm³/mol. The number of hydrogen-bond acceptors (Lipinski definition) is 3. The molecule has 6 heterocycles. The minimum atomic E-state index is -0.253. The second-order valence-electron chi connectivity index (χ2n) is 26.1. The van der Waals surface area contributed by atoms with E-state index in [4.69, 9.17) is 9.26 Å². The molecule has 0 unspecified atom stereocenters. The molecule has 0 saturated carbocycles. The first-order valence-corrected chi connectivity index (χ1v) is 31.6. The Bertz CT molecular complexity index is 6010. The average molecular weight is 1170 g/mol. The number of nitrogens with zero attached hydrogens (tertiary/aromatic N) is 6. The fourth-order valence-electron chi connectivity index (χ4n) is 15.1. The summed E-state index contributed by atoms with van der Waals surface area (Å²) < 4.78 is 18.9. The lowest BCUT2D eigenvalue weighted by atomic mass is 9.82. The number of nitriles is 1. The van der Waals surface area contributed by atoms with Gasteiger partial charge in [-0.05, 0) is 106 Å². The first-order valence-electron chi connectivity index (χ1n) is 30.8. The van der Waals surface area contributed by atoms with E-state index in [-0.39, 0.29) is 10.8 Å². The van der Waals surface area contributed by atoms with Crippen molar-refractivity contribution in [2.45, 2.75) is 52.4 Å². The monoisotopic (exact) mass is 1170 g/mol. The maximum Gasteiger partial charge on any atom is 0.237 e. The van der Waals surface area contributed by atoms with Gasteiger partial charge in [-0.1, -0.05) is 199 Å². The summed E-state index contributed by atoms with van der Waals surface area (Å²) in [6.07, 6.45) is 0. The van der Waals surface area contributed by atoms with Crippen LogP contribution in [0.2, 0.25) is 0 Å². The standard InChI is InChI=1S/C82H56N6OS/c1-81(2,3)49-38-42-68-59(44-49)60-45-62(82(4,5)6)71-57-30-16-22-36-70(57)90-80(71)76(60)88(68)78-74(85-63-31-17-11-25-50(63)51-26-12-18-32-64(51)85)61(46-83)73(72(84-7)77(78)86-65-33-19-13-27-52(65)53-28-14-20-34-66(53)86)87-67-41-37-48(47-23-9-8-10-24-47)43-58(67)55-39-40-56-54-29-15-21-35-69(54)89-79(56)75(55)87/h8-45H,1-6H3. The van der Waals surface area contributed by atoms with E-state index in [2.05, 4.69) is 278 Å². The lowest BCUT2D eigenvalue weighted by Crippen LogP contribution is -2.15. The van der Waals surface area contributed by atoms with E-state index in [9.17, 15) is 11.8 Å². The fourth-order valence-corrected chi connectivity index (χ4v) is 16.3. The third-order valence-corrected chi connectivity index (χ3v) is 20.3. The zero-order chi connectivity index (χ0) is 60.6. The summed E-state index contributed by atoms with van der Waals surface area (Å²) >= 11 is 1.82. The minimum Gasteiger partial charge on any atom is -0.454 e. The van der Waals surface area contributed by atoms with E-state index in [0.29, 0.717) is 39.6 Å². The molecule has 0 bridgehead atoms. The molecule has 12 aromatic carbocycles. The summed E-state index contributed by atoms with van der Waals surface area (Å²) in [7, 11) is 0. The molecule has 0 amide bonds. The molecule has 7 nitrogen and oxygen atoms in total. The van der Waals surface area contributed by atoms with Gasteiger partial charge in [-0.3, -0.25) is 0 Å². The van der Waals surface area contributed by atoms with Crippen molar-refractivity contribution < 1.29 is 4.42 Å². The molecule has 90 heavy (non-hydrogen) atoms. The molecule has 18 rings (SSSR count). The molecule has 0 saturated heterocycles. The van der Waals surface area contributed by atoms with Gasteiger partial charge in [0.2, 0.25) is 5.69 Å². The van der Waals surface area contributed by atoms with Crippen molar-refractivity contribution in [3.05, 3.63) is 259 Å². The summed E-state index contributed by atoms with van der Waals surface area (Å²) in [5.74, 6) is 0. The molecule has 0 aliphatic rings. The molecule has 6 aromatic heterocycles. The van der Waals surface area contributed by atoms with Crippen LogP contribution in [0, 0.1) is 17.9 Å². The topological polar surface area (TPSA) is 61.0 Å².